The van der Waals surface area contributed by atoms with Crippen molar-refractivity contribution in [1.82, 2.24) is 0 Å². The summed E-state index contributed by atoms with van der Waals surface area (Å²) in [5, 5.41) is 0.116. The van der Waals surface area contributed by atoms with E-state index < -0.39 is 7.28 Å². The molecule has 0 amide bonds. The van der Waals surface area contributed by atoms with Gasteiger partial charge in [0.15, 0.2) is 0 Å². The molecule has 3 heteroatoms. The van der Waals surface area contributed by atoms with Gasteiger partial charge in [0, 0.05) is 16.7 Å². The summed E-state index contributed by atoms with van der Waals surface area (Å²) in [5.41, 5.74) is -0.0563. The number of hydrogen-bond acceptors (Lipinski definition) is 2. The van der Waals surface area contributed by atoms with E-state index in [4.69, 9.17) is 9.27 Å². The first-order valence-electron chi connectivity index (χ1n) is 9.16. The van der Waals surface area contributed by atoms with Gasteiger partial charge in [-0.15, -0.1) is 0 Å². The number of allylic oxidation sites excluding steroid dienone is 3. The molecule has 23 heavy (non-hydrogen) atoms. The van der Waals surface area contributed by atoms with Crippen LogP contribution in [-0.4, -0.2) is 15.9 Å². The first-order valence-corrected chi connectivity index (χ1v) is 10.8. The van der Waals surface area contributed by atoms with Crippen LogP contribution in [-0.2, 0) is 4.52 Å². The molecule has 0 aromatic carbocycles. The van der Waals surface area contributed by atoms with Gasteiger partial charge in [-0.05, 0) is 39.2 Å². The molecule has 0 spiro atoms. The highest BCUT2D eigenvalue weighted by Crippen LogP contribution is 2.74. The maximum atomic E-state index is 6.89. The first kappa shape index (κ1) is 20.6. The average molecular weight is 340 g/mol. The van der Waals surface area contributed by atoms with Crippen LogP contribution in [0, 0.1) is 0 Å². The molecule has 0 unspecified atom stereocenters. The molecule has 0 saturated heterocycles. The van der Waals surface area contributed by atoms with Gasteiger partial charge in [0.05, 0.1) is 5.54 Å². The van der Waals surface area contributed by atoms with Gasteiger partial charge in [0.25, 0.3) is 0 Å². The van der Waals surface area contributed by atoms with E-state index in [0.29, 0.717) is 0 Å². The Balaban J connectivity index is 3.65. The summed E-state index contributed by atoms with van der Waals surface area (Å²) >= 11 is 0. The van der Waals surface area contributed by atoms with Gasteiger partial charge < -0.3 is 4.52 Å². The Morgan fingerprint density at radius 1 is 0.957 bits per heavy atom. The Labute approximate surface area is 144 Å². The fourth-order valence-corrected chi connectivity index (χ4v) is 7.85. The van der Waals surface area contributed by atoms with Gasteiger partial charge in [-0.1, -0.05) is 60.6 Å². The highest BCUT2D eigenvalue weighted by atomic mass is 31.2. The molecule has 0 fully saturated rings. The lowest BCUT2D eigenvalue weighted by Gasteiger charge is -2.50. The Morgan fingerprint density at radius 3 is 1.83 bits per heavy atom. The molecular formula is C20H38NOP. The van der Waals surface area contributed by atoms with E-state index in [9.17, 15) is 0 Å². The molecule has 0 atom stereocenters. The van der Waals surface area contributed by atoms with Gasteiger partial charge in [-0.25, -0.2) is 0 Å². The summed E-state index contributed by atoms with van der Waals surface area (Å²) in [7, 11) is -2.07. The van der Waals surface area contributed by atoms with E-state index in [0.717, 1.165) is 31.4 Å². The molecule has 0 heterocycles. The quantitative estimate of drug-likeness (QED) is 0.419. The van der Waals surface area contributed by atoms with E-state index in [1.165, 1.54) is 0 Å². The third-order valence-corrected chi connectivity index (χ3v) is 10.9. The fraction of sp³-hybridized carbons (Fsp3) is 0.800. The van der Waals surface area contributed by atoms with Crippen molar-refractivity contribution >= 4 is 7.28 Å². The zero-order valence-corrected chi connectivity index (χ0v) is 17.8. The standard InChI is InChI=1S/C20H38NOP/c1-10-18(4,5)21-23(19(6,7)11-2,20(8,9)12-3)22-17-15-13-14-16-17/h13-15H,10-12,16H2,1-9H3. The van der Waals surface area contributed by atoms with E-state index in [-0.39, 0.29) is 15.9 Å². The molecule has 1 aliphatic rings. The van der Waals surface area contributed by atoms with Crippen LogP contribution >= 0.6 is 7.28 Å². The molecule has 0 aliphatic heterocycles. The van der Waals surface area contributed by atoms with Gasteiger partial charge in [-0.3, -0.25) is 4.74 Å². The fourth-order valence-electron chi connectivity index (χ4n) is 2.90. The van der Waals surface area contributed by atoms with E-state index in [1.807, 2.05) is 0 Å². The highest BCUT2D eigenvalue weighted by molar-refractivity contribution is 7.64. The van der Waals surface area contributed by atoms with Crippen molar-refractivity contribution in [1.29, 1.82) is 0 Å². The molecule has 0 saturated carbocycles. The Kier molecular flexibility index (Phi) is 6.41. The largest absolute Gasteiger partial charge is 0.463 e. The van der Waals surface area contributed by atoms with Crippen molar-refractivity contribution in [2.75, 3.05) is 0 Å². The predicted octanol–water partition coefficient (Wildman–Crippen LogP) is 7.53. The van der Waals surface area contributed by atoms with Crippen LogP contribution in [0.1, 0.15) is 88.0 Å². The van der Waals surface area contributed by atoms with Gasteiger partial charge in [0.1, 0.15) is 13.0 Å². The van der Waals surface area contributed by atoms with E-state index in [1.54, 1.807) is 0 Å². The summed E-state index contributed by atoms with van der Waals surface area (Å²) in [4.78, 5) is 0. The lowest BCUT2D eigenvalue weighted by molar-refractivity contribution is 0.381. The molecule has 0 N–H and O–H groups in total. The maximum Gasteiger partial charge on any atom is 0.144 e. The van der Waals surface area contributed by atoms with Crippen LogP contribution < -0.4 is 0 Å². The van der Waals surface area contributed by atoms with Crippen molar-refractivity contribution in [3.63, 3.8) is 0 Å². The van der Waals surface area contributed by atoms with Crippen molar-refractivity contribution in [3.8, 4) is 0 Å². The summed E-state index contributed by atoms with van der Waals surface area (Å²) in [6.07, 6.45) is 10.5. The maximum absolute atomic E-state index is 6.89. The van der Waals surface area contributed by atoms with Crippen LogP contribution in [0.3, 0.4) is 0 Å². The summed E-state index contributed by atoms with van der Waals surface area (Å²) in [6.45, 7) is 20.7. The van der Waals surface area contributed by atoms with Crippen LogP contribution in [0.4, 0.5) is 0 Å². The summed E-state index contributed by atoms with van der Waals surface area (Å²) in [5.74, 6) is 1.09. The summed E-state index contributed by atoms with van der Waals surface area (Å²) < 4.78 is 12.4. The molecule has 0 bridgehead atoms. The highest BCUT2D eigenvalue weighted by Gasteiger charge is 2.50. The van der Waals surface area contributed by atoms with Crippen molar-refractivity contribution < 1.29 is 4.52 Å². The second kappa shape index (κ2) is 7.18. The molecule has 0 radical (unpaired) electrons. The van der Waals surface area contributed by atoms with E-state index in [2.05, 4.69) is 80.5 Å². The number of nitrogens with zero attached hydrogens (tertiary/aromatic N) is 1. The molecule has 134 valence electrons. The molecule has 0 aromatic rings. The third kappa shape index (κ3) is 4.13. The Morgan fingerprint density at radius 2 is 1.48 bits per heavy atom. The predicted molar refractivity (Wildman–Crippen MR) is 105 cm³/mol. The summed E-state index contributed by atoms with van der Waals surface area (Å²) in [6, 6.07) is 0. The SMILES string of the molecule is CCC(C)(C)N=P(OC1=CC=CC1)(C(C)(C)CC)C(C)(C)CC. The average Bonchev–Trinajstić information content (AvgIpc) is 2.98. The van der Waals surface area contributed by atoms with Crippen LogP contribution in [0.25, 0.3) is 0 Å². The van der Waals surface area contributed by atoms with Gasteiger partial charge >= 0.3 is 0 Å². The lowest BCUT2D eigenvalue weighted by atomic mass is 10.0. The molecule has 0 aromatic heterocycles. The minimum Gasteiger partial charge on any atom is -0.463 e. The van der Waals surface area contributed by atoms with Gasteiger partial charge in [0.2, 0.25) is 0 Å². The lowest BCUT2D eigenvalue weighted by Crippen LogP contribution is -2.35. The van der Waals surface area contributed by atoms with Gasteiger partial charge in [-0.2, -0.15) is 0 Å². The van der Waals surface area contributed by atoms with Crippen LogP contribution in [0.2, 0.25) is 0 Å². The number of rotatable bonds is 8. The molecule has 1 aliphatic carbocycles. The first-order chi connectivity index (χ1) is 10.5. The molecule has 2 nitrogen and oxygen atoms in total. The Bertz CT molecular complexity index is 504. The smallest absolute Gasteiger partial charge is 0.144 e. The topological polar surface area (TPSA) is 21.6 Å². The second-order valence-corrected chi connectivity index (χ2v) is 12.5. The number of hydrogen-bond donors (Lipinski definition) is 0. The van der Waals surface area contributed by atoms with Crippen molar-refractivity contribution in [2.24, 2.45) is 4.74 Å². The molecular weight excluding hydrogens is 301 g/mol. The van der Waals surface area contributed by atoms with Crippen LogP contribution in [0.5, 0.6) is 0 Å². The minimum absolute atomic E-state index is 0.0563. The Hall–Kier alpha value is -0.490. The monoisotopic (exact) mass is 339 g/mol. The molecule has 1 rings (SSSR count). The normalized spacial score (nSPS) is 16.5. The van der Waals surface area contributed by atoms with Crippen LogP contribution in [0.15, 0.2) is 28.7 Å². The van der Waals surface area contributed by atoms with Crippen molar-refractivity contribution in [3.05, 3.63) is 24.0 Å². The van der Waals surface area contributed by atoms with Crippen molar-refractivity contribution in [2.45, 2.75) is 104 Å². The third-order valence-electron chi connectivity index (χ3n) is 5.63. The zero-order chi connectivity index (χ0) is 17.9. The zero-order valence-electron chi connectivity index (χ0n) is 16.9. The minimum atomic E-state index is -2.07. The second-order valence-electron chi connectivity index (χ2n) is 8.53. The van der Waals surface area contributed by atoms with E-state index >= 15 is 0 Å².